The van der Waals surface area contributed by atoms with Crippen LogP contribution in [0.5, 0.6) is 5.75 Å². The lowest BCUT2D eigenvalue weighted by Crippen LogP contribution is -2.82. The van der Waals surface area contributed by atoms with Gasteiger partial charge in [0.15, 0.2) is 6.21 Å². The molecule has 2 aromatic rings. The van der Waals surface area contributed by atoms with Crippen molar-refractivity contribution in [2.45, 2.75) is 13.5 Å². The molecule has 2 rings (SSSR count). The SMILES string of the molecule is CCNC(=S)N[NH+]=Cc1ccc(OCc2ccc(Cl)cc2Cl)cc1. The summed E-state index contributed by atoms with van der Waals surface area (Å²) >= 11 is 17.0. The molecule has 0 saturated carbocycles. The zero-order valence-corrected chi connectivity index (χ0v) is 15.4. The smallest absolute Gasteiger partial charge is 0.223 e. The van der Waals surface area contributed by atoms with Crippen LogP contribution in [0.4, 0.5) is 0 Å². The third kappa shape index (κ3) is 6.00. The molecule has 0 spiro atoms. The average Bonchev–Trinajstić information content (AvgIpc) is 2.55. The lowest BCUT2D eigenvalue weighted by molar-refractivity contribution is -0.500. The molecule has 0 radical (unpaired) electrons. The largest absolute Gasteiger partial charge is 0.489 e. The molecular formula is C17H18Cl2N3OS+. The Labute approximate surface area is 156 Å². The number of nitrogens with one attached hydrogen (secondary N) is 3. The van der Waals surface area contributed by atoms with Gasteiger partial charge < -0.3 is 10.1 Å². The fourth-order valence-electron chi connectivity index (χ4n) is 1.85. The highest BCUT2D eigenvalue weighted by atomic mass is 35.5. The van der Waals surface area contributed by atoms with E-state index in [1.807, 2.05) is 43.5 Å². The Hall–Kier alpha value is -1.82. The Morgan fingerprint density at radius 2 is 1.96 bits per heavy atom. The molecule has 0 aliphatic carbocycles. The molecule has 0 saturated heterocycles. The molecule has 0 aromatic heterocycles. The first-order chi connectivity index (χ1) is 11.6. The number of benzene rings is 2. The summed E-state index contributed by atoms with van der Waals surface area (Å²) in [5.74, 6) is 0.759. The van der Waals surface area contributed by atoms with Crippen molar-refractivity contribution >= 4 is 46.7 Å². The normalized spacial score (nSPS) is 10.6. The highest BCUT2D eigenvalue weighted by molar-refractivity contribution is 7.80. The molecule has 7 heteroatoms. The maximum absolute atomic E-state index is 6.13. The molecule has 0 bridgehead atoms. The van der Waals surface area contributed by atoms with Crippen LogP contribution in [0.1, 0.15) is 18.1 Å². The van der Waals surface area contributed by atoms with Crippen molar-refractivity contribution < 1.29 is 9.84 Å². The molecule has 4 nitrogen and oxygen atoms in total. The van der Waals surface area contributed by atoms with E-state index in [2.05, 4.69) is 15.8 Å². The van der Waals surface area contributed by atoms with Crippen molar-refractivity contribution in [2.24, 2.45) is 0 Å². The second-order valence-electron chi connectivity index (χ2n) is 4.87. The van der Waals surface area contributed by atoms with Gasteiger partial charge in [-0.05, 0) is 55.5 Å². The molecule has 126 valence electrons. The van der Waals surface area contributed by atoms with Crippen molar-refractivity contribution in [3.05, 3.63) is 63.6 Å². The van der Waals surface area contributed by atoms with E-state index < -0.39 is 0 Å². The lowest BCUT2D eigenvalue weighted by Gasteiger charge is -2.08. The molecule has 0 fully saturated rings. The predicted octanol–water partition coefficient (Wildman–Crippen LogP) is 2.47. The molecule has 0 aliphatic heterocycles. The van der Waals surface area contributed by atoms with E-state index in [4.69, 9.17) is 40.2 Å². The Kier molecular flexibility index (Phi) is 7.31. The van der Waals surface area contributed by atoms with Crippen molar-refractivity contribution in [2.75, 3.05) is 6.54 Å². The van der Waals surface area contributed by atoms with E-state index in [0.29, 0.717) is 21.8 Å². The molecule has 3 N–H and O–H groups in total. The van der Waals surface area contributed by atoms with Gasteiger partial charge in [0, 0.05) is 27.7 Å². The summed E-state index contributed by atoms with van der Waals surface area (Å²) < 4.78 is 5.73. The number of halogens is 2. The van der Waals surface area contributed by atoms with Crippen LogP contribution < -0.4 is 20.6 Å². The minimum Gasteiger partial charge on any atom is -0.489 e. The molecule has 2 aromatic carbocycles. The van der Waals surface area contributed by atoms with Gasteiger partial charge in [-0.1, -0.05) is 29.3 Å². The number of hydrazone groups is 1. The third-order valence-corrected chi connectivity index (χ3v) is 3.88. The summed E-state index contributed by atoms with van der Waals surface area (Å²) in [5.41, 5.74) is 4.74. The monoisotopic (exact) mass is 382 g/mol. The van der Waals surface area contributed by atoms with Gasteiger partial charge >= 0.3 is 0 Å². The Bertz CT molecular complexity index is 720. The van der Waals surface area contributed by atoms with Crippen LogP contribution >= 0.6 is 35.4 Å². The third-order valence-electron chi connectivity index (χ3n) is 3.05. The molecule has 0 unspecified atom stereocenters. The topological polar surface area (TPSA) is 47.3 Å². The van der Waals surface area contributed by atoms with Gasteiger partial charge in [0.1, 0.15) is 12.4 Å². The zero-order valence-electron chi connectivity index (χ0n) is 13.1. The van der Waals surface area contributed by atoms with Crippen LogP contribution in [0.15, 0.2) is 42.5 Å². The van der Waals surface area contributed by atoms with E-state index in [1.54, 1.807) is 12.1 Å². The standard InChI is InChI=1S/C17H17Cl2N3OS/c1-2-20-17(24)22-21-10-12-3-7-15(8-4-12)23-11-13-5-6-14(18)9-16(13)19/h3-10H,2,11H2,1H3,(H2,20,22,24)/p+1. The van der Waals surface area contributed by atoms with E-state index >= 15 is 0 Å². The predicted molar refractivity (Wildman–Crippen MR) is 103 cm³/mol. The van der Waals surface area contributed by atoms with Crippen molar-refractivity contribution in [1.29, 1.82) is 0 Å². The van der Waals surface area contributed by atoms with Gasteiger partial charge in [0.25, 0.3) is 0 Å². The first-order valence-electron chi connectivity index (χ1n) is 7.38. The molecule has 0 heterocycles. The van der Waals surface area contributed by atoms with Crippen molar-refractivity contribution in [3.8, 4) is 5.75 Å². The van der Waals surface area contributed by atoms with Gasteiger partial charge in [0.2, 0.25) is 5.11 Å². The van der Waals surface area contributed by atoms with Crippen molar-refractivity contribution in [1.82, 2.24) is 10.7 Å². The van der Waals surface area contributed by atoms with E-state index in [-0.39, 0.29) is 0 Å². The van der Waals surface area contributed by atoms with E-state index in [0.717, 1.165) is 23.4 Å². The maximum atomic E-state index is 6.13. The van der Waals surface area contributed by atoms with Crippen LogP contribution in [0, 0.1) is 0 Å². The summed E-state index contributed by atoms with van der Waals surface area (Å²) in [5, 5.41) is 7.66. The number of hydrogen-bond donors (Lipinski definition) is 3. The van der Waals surface area contributed by atoms with Gasteiger partial charge in [-0.15, -0.1) is 10.5 Å². The minimum absolute atomic E-state index is 0.385. The van der Waals surface area contributed by atoms with Gasteiger partial charge in [-0.3, -0.25) is 0 Å². The Morgan fingerprint density at radius 3 is 2.62 bits per heavy atom. The minimum atomic E-state index is 0.385. The van der Waals surface area contributed by atoms with E-state index in [9.17, 15) is 0 Å². The second kappa shape index (κ2) is 9.47. The number of thiocarbonyl (C=S) groups is 1. The molecule has 0 amide bonds. The Morgan fingerprint density at radius 1 is 1.21 bits per heavy atom. The summed E-state index contributed by atoms with van der Waals surface area (Å²) in [7, 11) is 0. The van der Waals surface area contributed by atoms with Crippen LogP contribution in [-0.4, -0.2) is 17.9 Å². The van der Waals surface area contributed by atoms with E-state index in [1.165, 1.54) is 0 Å². The fourth-order valence-corrected chi connectivity index (χ4v) is 2.52. The van der Waals surface area contributed by atoms with Gasteiger partial charge in [0.05, 0.1) is 0 Å². The van der Waals surface area contributed by atoms with Crippen LogP contribution in [0.25, 0.3) is 0 Å². The average molecular weight is 383 g/mol. The Balaban J connectivity index is 1.87. The quantitative estimate of drug-likeness (QED) is 0.408. The van der Waals surface area contributed by atoms with Crippen LogP contribution in [0.2, 0.25) is 10.0 Å². The highest BCUT2D eigenvalue weighted by Gasteiger charge is 2.03. The fraction of sp³-hybridized carbons (Fsp3) is 0.176. The molecule has 24 heavy (non-hydrogen) atoms. The van der Waals surface area contributed by atoms with Gasteiger partial charge in [-0.2, -0.15) is 0 Å². The second-order valence-corrected chi connectivity index (χ2v) is 6.12. The summed E-state index contributed by atoms with van der Waals surface area (Å²) in [6, 6.07) is 13.0. The highest BCUT2D eigenvalue weighted by Crippen LogP contribution is 2.22. The first kappa shape index (κ1) is 18.5. The number of hydrazine groups is 1. The zero-order chi connectivity index (χ0) is 17.4. The lowest BCUT2D eigenvalue weighted by atomic mass is 10.2. The summed E-state index contributed by atoms with van der Waals surface area (Å²) in [6.45, 7) is 3.14. The van der Waals surface area contributed by atoms with Crippen molar-refractivity contribution in [3.63, 3.8) is 0 Å². The first-order valence-corrected chi connectivity index (χ1v) is 8.54. The summed E-state index contributed by atoms with van der Waals surface area (Å²) in [6.07, 6.45) is 1.81. The number of rotatable bonds is 6. The number of hydrogen-bond acceptors (Lipinski definition) is 2. The van der Waals surface area contributed by atoms with Crippen LogP contribution in [0.3, 0.4) is 0 Å². The number of ether oxygens (including phenoxy) is 1. The maximum Gasteiger partial charge on any atom is 0.223 e. The summed E-state index contributed by atoms with van der Waals surface area (Å²) in [4.78, 5) is 0. The molecule has 0 atom stereocenters. The molecular weight excluding hydrogens is 365 g/mol. The molecule has 0 aliphatic rings. The van der Waals surface area contributed by atoms with Crippen LogP contribution in [-0.2, 0) is 6.61 Å². The van der Waals surface area contributed by atoms with Gasteiger partial charge in [-0.25, -0.2) is 0 Å².